The van der Waals surface area contributed by atoms with Crippen LogP contribution in [0.2, 0.25) is 0 Å². The average molecular weight is 515 g/mol. The molecule has 0 bridgehead atoms. The second-order valence-electron chi connectivity index (χ2n) is 9.85. The Hall–Kier alpha value is 1.51. The van der Waals surface area contributed by atoms with Gasteiger partial charge in [0.05, 0.1) is 6.61 Å². The zero-order chi connectivity index (χ0) is 23.8. The Kier molecular flexibility index (Phi) is 31.2. The fourth-order valence-corrected chi connectivity index (χ4v) is 4.87. The minimum absolute atomic E-state index is 0. The van der Waals surface area contributed by atoms with Crippen LogP contribution in [0.3, 0.4) is 0 Å². The first-order valence-corrected chi connectivity index (χ1v) is 15.4. The molecule has 0 aliphatic rings. The molecule has 0 saturated carbocycles. The van der Waals surface area contributed by atoms with E-state index in [0.29, 0.717) is 0 Å². The van der Waals surface area contributed by atoms with E-state index in [1.807, 2.05) is 0 Å². The van der Waals surface area contributed by atoms with Crippen LogP contribution >= 0.6 is 0 Å². The van der Waals surface area contributed by atoms with Crippen molar-refractivity contribution in [2.45, 2.75) is 162 Å². The molecule has 0 spiro atoms. The SMILES string of the molecule is CCCCCCCCCCCCCC(CCCCCCCCCCCC)COS(=O)(=O)[O-].[K+]. The van der Waals surface area contributed by atoms with Gasteiger partial charge < -0.3 is 4.55 Å². The predicted octanol–water partition coefficient (Wildman–Crippen LogP) is 6.10. The molecule has 1 atom stereocenters. The number of hydrogen-bond donors (Lipinski definition) is 0. The van der Waals surface area contributed by atoms with Gasteiger partial charge in [0.2, 0.25) is 10.4 Å². The van der Waals surface area contributed by atoms with Crippen LogP contribution in [0.25, 0.3) is 0 Å². The summed E-state index contributed by atoms with van der Waals surface area (Å²) in [6, 6.07) is 0. The predicted molar refractivity (Wildman–Crippen MR) is 137 cm³/mol. The van der Waals surface area contributed by atoms with Gasteiger partial charge in [0, 0.05) is 0 Å². The third kappa shape index (κ3) is 31.5. The van der Waals surface area contributed by atoms with Gasteiger partial charge >= 0.3 is 51.4 Å². The van der Waals surface area contributed by atoms with Gasteiger partial charge in [-0.3, -0.25) is 4.18 Å². The van der Waals surface area contributed by atoms with E-state index in [0.717, 1.165) is 25.7 Å². The molecule has 1 unspecified atom stereocenters. The van der Waals surface area contributed by atoms with Crippen molar-refractivity contribution < 1.29 is 68.5 Å². The van der Waals surface area contributed by atoms with Gasteiger partial charge in [0.1, 0.15) is 0 Å². The maximum absolute atomic E-state index is 10.9. The second-order valence-corrected chi connectivity index (χ2v) is 10.9. The van der Waals surface area contributed by atoms with E-state index < -0.39 is 10.4 Å². The summed E-state index contributed by atoms with van der Waals surface area (Å²) in [5.74, 6) is 0.200. The van der Waals surface area contributed by atoms with Crippen LogP contribution < -0.4 is 51.4 Å². The van der Waals surface area contributed by atoms with E-state index in [-0.39, 0.29) is 63.9 Å². The van der Waals surface area contributed by atoms with Gasteiger partial charge in [-0.25, -0.2) is 8.42 Å². The Morgan fingerprint density at radius 1 is 0.545 bits per heavy atom. The molecule has 33 heavy (non-hydrogen) atoms. The van der Waals surface area contributed by atoms with Crippen LogP contribution in [0, 0.1) is 5.92 Å². The van der Waals surface area contributed by atoms with Gasteiger partial charge in [-0.2, -0.15) is 0 Å². The van der Waals surface area contributed by atoms with Crippen molar-refractivity contribution in [2.75, 3.05) is 6.61 Å². The van der Waals surface area contributed by atoms with Gasteiger partial charge in [0.25, 0.3) is 0 Å². The van der Waals surface area contributed by atoms with Crippen LogP contribution in [0.4, 0.5) is 0 Å². The molecular formula is C27H55KO4S. The Balaban J connectivity index is 0. The molecule has 0 rings (SSSR count). The second kappa shape index (κ2) is 28.1. The van der Waals surface area contributed by atoms with Crippen molar-refractivity contribution in [3.63, 3.8) is 0 Å². The fourth-order valence-electron chi connectivity index (χ4n) is 4.51. The van der Waals surface area contributed by atoms with E-state index in [1.54, 1.807) is 0 Å². The Morgan fingerprint density at radius 3 is 1.09 bits per heavy atom. The van der Waals surface area contributed by atoms with Crippen LogP contribution in [-0.2, 0) is 14.6 Å². The topological polar surface area (TPSA) is 66.4 Å². The van der Waals surface area contributed by atoms with Crippen LogP contribution in [-0.4, -0.2) is 19.6 Å². The van der Waals surface area contributed by atoms with E-state index in [4.69, 9.17) is 0 Å². The normalized spacial score (nSPS) is 12.6. The molecule has 0 N–H and O–H groups in total. The quantitative estimate of drug-likeness (QED) is 0.0606. The minimum atomic E-state index is -4.58. The first-order valence-electron chi connectivity index (χ1n) is 14.1. The van der Waals surface area contributed by atoms with Gasteiger partial charge in [-0.05, 0) is 18.8 Å². The molecule has 6 heteroatoms. The maximum atomic E-state index is 10.9. The summed E-state index contributed by atoms with van der Waals surface area (Å²) in [5, 5.41) is 0. The molecule has 0 aromatic carbocycles. The van der Waals surface area contributed by atoms with E-state index in [9.17, 15) is 13.0 Å². The molecule has 0 aromatic heterocycles. The summed E-state index contributed by atoms with van der Waals surface area (Å²) in [6.45, 7) is 4.58. The summed E-state index contributed by atoms with van der Waals surface area (Å²) in [6.07, 6.45) is 29.4. The summed E-state index contributed by atoms with van der Waals surface area (Å²) in [4.78, 5) is 0. The van der Waals surface area contributed by atoms with E-state index >= 15 is 0 Å². The monoisotopic (exact) mass is 514 g/mol. The number of unbranched alkanes of at least 4 members (excludes halogenated alkanes) is 19. The van der Waals surface area contributed by atoms with Crippen LogP contribution in [0.1, 0.15) is 162 Å². The van der Waals surface area contributed by atoms with Gasteiger partial charge in [0.15, 0.2) is 0 Å². The number of rotatable bonds is 26. The molecule has 0 radical (unpaired) electrons. The van der Waals surface area contributed by atoms with Crippen molar-refractivity contribution in [1.29, 1.82) is 0 Å². The molecule has 0 aliphatic carbocycles. The van der Waals surface area contributed by atoms with E-state index in [2.05, 4.69) is 18.0 Å². The first kappa shape index (κ1) is 36.7. The largest absolute Gasteiger partial charge is 1.00 e. The molecule has 194 valence electrons. The zero-order valence-electron chi connectivity index (χ0n) is 22.6. The third-order valence-electron chi connectivity index (χ3n) is 6.63. The standard InChI is InChI=1S/C27H56O4S.K/c1-3-5-7-9-11-13-15-17-19-21-23-25-27(26-31-32(28,29)30)24-22-20-18-16-14-12-10-8-6-4-2;/h27H,3-26H2,1-2H3,(H,28,29,30);/q;+1/p-1. The summed E-state index contributed by atoms with van der Waals surface area (Å²) in [5.41, 5.74) is 0. The summed E-state index contributed by atoms with van der Waals surface area (Å²) >= 11 is 0. The molecule has 0 heterocycles. The molecular weight excluding hydrogens is 459 g/mol. The molecule has 0 saturated heterocycles. The Bertz CT molecular complexity index is 471. The maximum Gasteiger partial charge on any atom is 1.00 e. The van der Waals surface area contributed by atoms with Crippen LogP contribution in [0.15, 0.2) is 0 Å². The molecule has 0 aliphatic heterocycles. The van der Waals surface area contributed by atoms with Crippen molar-refractivity contribution in [3.8, 4) is 0 Å². The summed E-state index contributed by atoms with van der Waals surface area (Å²) in [7, 11) is -4.58. The zero-order valence-corrected chi connectivity index (χ0v) is 26.5. The molecule has 0 aromatic rings. The Labute approximate surface area is 250 Å². The number of hydrogen-bond acceptors (Lipinski definition) is 4. The smallest absolute Gasteiger partial charge is 0.726 e. The van der Waals surface area contributed by atoms with Gasteiger partial charge in [-0.15, -0.1) is 0 Å². The van der Waals surface area contributed by atoms with Crippen LogP contribution in [0.5, 0.6) is 0 Å². The van der Waals surface area contributed by atoms with Crippen molar-refractivity contribution in [1.82, 2.24) is 0 Å². The first-order chi connectivity index (χ1) is 15.5. The molecule has 0 amide bonds. The minimum Gasteiger partial charge on any atom is -0.726 e. The Morgan fingerprint density at radius 2 is 0.818 bits per heavy atom. The van der Waals surface area contributed by atoms with Gasteiger partial charge in [-0.1, -0.05) is 149 Å². The van der Waals surface area contributed by atoms with Crippen molar-refractivity contribution in [3.05, 3.63) is 0 Å². The summed E-state index contributed by atoms with van der Waals surface area (Å²) < 4.78 is 37.2. The van der Waals surface area contributed by atoms with Crippen molar-refractivity contribution in [2.24, 2.45) is 5.92 Å². The third-order valence-corrected chi connectivity index (χ3v) is 7.05. The average Bonchev–Trinajstić information content (AvgIpc) is 2.75. The molecule has 4 nitrogen and oxygen atoms in total. The molecule has 0 fully saturated rings. The van der Waals surface area contributed by atoms with Crippen molar-refractivity contribution >= 4 is 10.4 Å². The fraction of sp³-hybridized carbons (Fsp3) is 1.00. The van der Waals surface area contributed by atoms with E-state index in [1.165, 1.54) is 122 Å².